The second kappa shape index (κ2) is 6.66. The van der Waals surface area contributed by atoms with Gasteiger partial charge in [0.25, 0.3) is 5.91 Å². The van der Waals surface area contributed by atoms with Gasteiger partial charge in [0.05, 0.1) is 16.4 Å². The van der Waals surface area contributed by atoms with Crippen molar-refractivity contribution in [2.24, 2.45) is 0 Å². The number of carbonyl (C=O) groups is 2. The van der Waals surface area contributed by atoms with Crippen LogP contribution in [0.3, 0.4) is 0 Å². The quantitative estimate of drug-likeness (QED) is 0.483. The normalized spacial score (nSPS) is 18.3. The molecule has 0 aromatic carbocycles. The Labute approximate surface area is 125 Å². The number of carbonyl (C=O) groups excluding carboxylic acids is 2. The van der Waals surface area contributed by atoms with E-state index in [9.17, 15) is 19.7 Å². The molecule has 0 aliphatic carbocycles. The summed E-state index contributed by atoms with van der Waals surface area (Å²) in [5.41, 5.74) is 0. The fraction of sp³-hybridized carbons (Fsp3) is 0.538. The largest absolute Gasteiger partial charge is 0.464 e. The van der Waals surface area contributed by atoms with Crippen molar-refractivity contribution in [3.63, 3.8) is 0 Å². The van der Waals surface area contributed by atoms with Gasteiger partial charge in [-0.15, -0.1) is 0 Å². The predicted molar refractivity (Wildman–Crippen MR) is 76.3 cm³/mol. The monoisotopic (exact) mass is 312 g/mol. The summed E-state index contributed by atoms with van der Waals surface area (Å²) < 4.78 is 5.00. The molecule has 0 spiro atoms. The van der Waals surface area contributed by atoms with Crippen molar-refractivity contribution in [2.45, 2.75) is 32.2 Å². The van der Waals surface area contributed by atoms with Crippen molar-refractivity contribution in [3.8, 4) is 0 Å². The van der Waals surface area contributed by atoms with E-state index < -0.39 is 16.9 Å². The van der Waals surface area contributed by atoms with Gasteiger partial charge in [0, 0.05) is 12.6 Å². The van der Waals surface area contributed by atoms with Crippen LogP contribution in [0.5, 0.6) is 0 Å². The van der Waals surface area contributed by atoms with Crippen LogP contribution in [0.4, 0.5) is 5.00 Å². The third-order valence-corrected chi connectivity index (χ3v) is 4.33. The molecule has 1 aromatic rings. The summed E-state index contributed by atoms with van der Waals surface area (Å²) in [7, 11) is 0. The molecule has 1 aromatic heterocycles. The van der Waals surface area contributed by atoms with E-state index in [0.29, 0.717) is 13.0 Å². The molecular formula is C13H16N2O5S. The Bertz CT molecular complexity index is 557. The average Bonchev–Trinajstić information content (AvgIpc) is 2.97. The molecule has 1 fully saturated rings. The molecule has 1 saturated heterocycles. The molecule has 0 N–H and O–H groups in total. The molecule has 1 unspecified atom stereocenters. The van der Waals surface area contributed by atoms with Crippen LogP contribution in [-0.2, 0) is 9.53 Å². The molecule has 114 valence electrons. The second-order valence-corrected chi connectivity index (χ2v) is 5.72. The number of ether oxygens (including phenoxy) is 1. The zero-order valence-corrected chi connectivity index (χ0v) is 12.4. The molecule has 0 bridgehead atoms. The minimum Gasteiger partial charge on any atom is -0.464 e. The summed E-state index contributed by atoms with van der Waals surface area (Å²) in [6, 6.07) is 2.15. The van der Waals surface area contributed by atoms with Crippen LogP contribution in [0.2, 0.25) is 0 Å². The number of esters is 1. The summed E-state index contributed by atoms with van der Waals surface area (Å²) >= 11 is 0.827. The molecule has 1 atom stereocenters. The van der Waals surface area contributed by atoms with Gasteiger partial charge < -0.3 is 9.64 Å². The van der Waals surface area contributed by atoms with Gasteiger partial charge in [0.1, 0.15) is 6.04 Å². The Morgan fingerprint density at radius 3 is 2.86 bits per heavy atom. The van der Waals surface area contributed by atoms with Crippen LogP contribution in [0.15, 0.2) is 12.1 Å². The molecule has 8 heteroatoms. The second-order valence-electron chi connectivity index (χ2n) is 4.66. The van der Waals surface area contributed by atoms with Crippen molar-refractivity contribution in [3.05, 3.63) is 27.1 Å². The average molecular weight is 312 g/mol. The first-order chi connectivity index (χ1) is 10.0. The van der Waals surface area contributed by atoms with Crippen molar-refractivity contribution >= 4 is 28.2 Å². The predicted octanol–water partition coefficient (Wildman–Crippen LogP) is 2.21. The molecule has 2 rings (SSSR count). The Hall–Kier alpha value is -1.96. The number of likely N-dealkylation sites (tertiary alicyclic amines) is 1. The van der Waals surface area contributed by atoms with E-state index in [0.717, 1.165) is 24.2 Å². The van der Waals surface area contributed by atoms with Crippen LogP contribution in [0, 0.1) is 10.1 Å². The van der Waals surface area contributed by atoms with Crippen molar-refractivity contribution in [1.29, 1.82) is 0 Å². The maximum atomic E-state index is 12.5. The molecule has 2 heterocycles. The Morgan fingerprint density at radius 1 is 1.48 bits per heavy atom. The van der Waals surface area contributed by atoms with Crippen LogP contribution in [0.25, 0.3) is 0 Å². The highest BCUT2D eigenvalue weighted by atomic mass is 32.1. The Balaban J connectivity index is 2.17. The van der Waals surface area contributed by atoms with Gasteiger partial charge in [0.15, 0.2) is 0 Å². The molecule has 0 radical (unpaired) electrons. The summed E-state index contributed by atoms with van der Waals surface area (Å²) in [4.78, 5) is 36.3. The minimum absolute atomic E-state index is 0.0805. The first-order valence-electron chi connectivity index (χ1n) is 6.76. The minimum atomic E-state index is -0.590. The molecule has 7 nitrogen and oxygen atoms in total. The van der Waals surface area contributed by atoms with Crippen molar-refractivity contribution < 1.29 is 19.2 Å². The fourth-order valence-corrected chi connectivity index (χ4v) is 3.12. The summed E-state index contributed by atoms with van der Waals surface area (Å²) in [5, 5.41) is 10.6. The highest BCUT2D eigenvalue weighted by Crippen LogP contribution is 2.28. The van der Waals surface area contributed by atoms with E-state index in [-0.39, 0.29) is 22.4 Å². The van der Waals surface area contributed by atoms with Gasteiger partial charge in [0.2, 0.25) is 0 Å². The number of amides is 1. The van der Waals surface area contributed by atoms with Gasteiger partial charge >= 0.3 is 11.0 Å². The van der Waals surface area contributed by atoms with E-state index in [4.69, 9.17) is 4.74 Å². The highest BCUT2D eigenvalue weighted by molar-refractivity contribution is 7.17. The van der Waals surface area contributed by atoms with E-state index in [1.807, 2.05) is 0 Å². The first kappa shape index (κ1) is 15.4. The summed E-state index contributed by atoms with van der Waals surface area (Å²) in [5.74, 6) is -0.748. The molecule has 1 aliphatic rings. The first-order valence-corrected chi connectivity index (χ1v) is 7.58. The number of nitro groups is 1. The number of piperidine rings is 1. The topological polar surface area (TPSA) is 89.8 Å². The molecule has 0 saturated carbocycles. The highest BCUT2D eigenvalue weighted by Gasteiger charge is 2.34. The lowest BCUT2D eigenvalue weighted by atomic mass is 10.0. The van der Waals surface area contributed by atoms with Crippen molar-refractivity contribution in [1.82, 2.24) is 4.90 Å². The van der Waals surface area contributed by atoms with E-state index in [1.165, 1.54) is 17.0 Å². The molecular weight excluding hydrogens is 296 g/mol. The third-order valence-electron chi connectivity index (χ3n) is 3.30. The Kier molecular flexibility index (Phi) is 4.89. The van der Waals surface area contributed by atoms with Gasteiger partial charge in [-0.2, -0.15) is 0 Å². The fourth-order valence-electron chi connectivity index (χ4n) is 2.34. The van der Waals surface area contributed by atoms with E-state index >= 15 is 0 Å². The number of hydrogen-bond donors (Lipinski definition) is 0. The zero-order valence-electron chi connectivity index (χ0n) is 11.6. The third kappa shape index (κ3) is 3.38. The van der Waals surface area contributed by atoms with E-state index in [2.05, 4.69) is 0 Å². The van der Waals surface area contributed by atoms with Crippen LogP contribution in [0.1, 0.15) is 35.9 Å². The molecule has 1 aliphatic heterocycles. The van der Waals surface area contributed by atoms with Crippen molar-refractivity contribution in [2.75, 3.05) is 13.2 Å². The molecule has 21 heavy (non-hydrogen) atoms. The van der Waals surface area contributed by atoms with Crippen LogP contribution >= 0.6 is 11.3 Å². The zero-order chi connectivity index (χ0) is 15.4. The Morgan fingerprint density at radius 2 is 2.24 bits per heavy atom. The van der Waals surface area contributed by atoms with Crippen LogP contribution in [-0.4, -0.2) is 40.9 Å². The lowest BCUT2D eigenvalue weighted by Gasteiger charge is -2.33. The number of hydrogen-bond acceptors (Lipinski definition) is 6. The van der Waals surface area contributed by atoms with Gasteiger partial charge in [-0.25, -0.2) is 4.79 Å². The standard InChI is InChI=1S/C13H16N2O5S/c1-2-20-13(17)9-5-3-4-8-14(9)12(16)10-6-7-11(21-10)15(18)19/h6-7,9H,2-5,8H2,1H3. The lowest BCUT2D eigenvalue weighted by Crippen LogP contribution is -2.48. The van der Waals surface area contributed by atoms with Gasteiger partial charge in [-0.3, -0.25) is 14.9 Å². The summed E-state index contributed by atoms with van der Waals surface area (Å²) in [6.07, 6.45) is 2.24. The van der Waals surface area contributed by atoms with E-state index in [1.54, 1.807) is 6.92 Å². The SMILES string of the molecule is CCOC(=O)C1CCCCN1C(=O)c1ccc([N+](=O)[O-])s1. The lowest BCUT2D eigenvalue weighted by molar-refractivity contribution is -0.380. The van der Waals surface area contributed by atoms with Gasteiger partial charge in [-0.05, 0) is 32.3 Å². The van der Waals surface area contributed by atoms with Crippen LogP contribution < -0.4 is 0 Å². The number of rotatable bonds is 4. The number of nitrogens with zero attached hydrogens (tertiary/aromatic N) is 2. The number of thiophene rings is 1. The smallest absolute Gasteiger partial charge is 0.328 e. The van der Waals surface area contributed by atoms with Gasteiger partial charge in [-0.1, -0.05) is 11.3 Å². The maximum Gasteiger partial charge on any atom is 0.328 e. The summed E-state index contributed by atoms with van der Waals surface area (Å²) in [6.45, 7) is 2.45. The molecule has 1 amide bonds. The maximum absolute atomic E-state index is 12.5.